The largest absolute Gasteiger partial charge is 0.508 e. The van der Waals surface area contributed by atoms with Crippen molar-refractivity contribution in [2.24, 2.45) is 0 Å². The number of phenols is 1. The molecule has 1 aliphatic rings. The van der Waals surface area contributed by atoms with Gasteiger partial charge in [-0.3, -0.25) is 4.79 Å². The Labute approximate surface area is 267 Å². The van der Waals surface area contributed by atoms with E-state index in [0.29, 0.717) is 29.4 Å². The summed E-state index contributed by atoms with van der Waals surface area (Å²) in [5.74, 6) is 1.33. The van der Waals surface area contributed by atoms with Gasteiger partial charge in [-0.15, -0.1) is 0 Å². The maximum absolute atomic E-state index is 14.4. The number of nitrogens with zero attached hydrogens (tertiary/aromatic N) is 4. The lowest BCUT2D eigenvalue weighted by atomic mass is 9.97. The molecule has 2 heterocycles. The number of rotatable bonds is 13. The SMILES string of the molecule is CCCN(CCC)CC1CCCN1C(=O)c1cc(NCCC(C)c2ccc(O)cc2)nc2ccc(-c3ccc(C#N)cc3)cc12. The van der Waals surface area contributed by atoms with Gasteiger partial charge in [-0.05, 0) is 110 Å². The van der Waals surface area contributed by atoms with Crippen LogP contribution in [0.25, 0.3) is 22.0 Å². The molecule has 234 valence electrons. The first-order valence-corrected chi connectivity index (χ1v) is 16.4. The second-order valence-corrected chi connectivity index (χ2v) is 12.3. The van der Waals surface area contributed by atoms with E-state index < -0.39 is 0 Å². The van der Waals surface area contributed by atoms with Crippen molar-refractivity contribution in [3.8, 4) is 22.9 Å². The van der Waals surface area contributed by atoms with Gasteiger partial charge in [-0.1, -0.05) is 51.1 Å². The summed E-state index contributed by atoms with van der Waals surface area (Å²) >= 11 is 0. The molecule has 7 heteroatoms. The predicted octanol–water partition coefficient (Wildman–Crippen LogP) is 7.81. The molecular weight excluding hydrogens is 558 g/mol. The van der Waals surface area contributed by atoms with E-state index in [-0.39, 0.29) is 17.7 Å². The molecule has 0 radical (unpaired) electrons. The van der Waals surface area contributed by atoms with E-state index in [2.05, 4.69) is 48.0 Å². The maximum Gasteiger partial charge on any atom is 0.254 e. The van der Waals surface area contributed by atoms with Crippen LogP contribution in [0.15, 0.2) is 72.8 Å². The van der Waals surface area contributed by atoms with Crippen molar-refractivity contribution in [1.82, 2.24) is 14.8 Å². The first-order valence-electron chi connectivity index (χ1n) is 16.4. The van der Waals surface area contributed by atoms with Crippen LogP contribution in [0, 0.1) is 11.3 Å². The number of carbonyl (C=O) groups excluding carboxylic acids is 1. The third kappa shape index (κ3) is 7.82. The van der Waals surface area contributed by atoms with Crippen molar-refractivity contribution in [2.75, 3.05) is 38.0 Å². The van der Waals surface area contributed by atoms with Gasteiger partial charge in [-0.25, -0.2) is 4.98 Å². The number of hydrogen-bond donors (Lipinski definition) is 2. The molecule has 45 heavy (non-hydrogen) atoms. The van der Waals surface area contributed by atoms with Crippen molar-refractivity contribution < 1.29 is 9.90 Å². The van der Waals surface area contributed by atoms with Gasteiger partial charge in [0.2, 0.25) is 0 Å². The standard InChI is InChI=1S/C38H45N5O2/c1-4-20-42(21-5-2)26-32-7-6-22-43(32)38(45)35-24-37(40-19-18-27(3)29-12-15-33(44)16-13-29)41-36-17-14-31(23-34(35)36)30-10-8-28(25-39)9-11-30/h8-17,23-24,27,32,44H,4-7,18-22,26H2,1-3H3,(H,40,41). The Morgan fingerprint density at radius 1 is 1.04 bits per heavy atom. The van der Waals surface area contributed by atoms with Gasteiger partial charge < -0.3 is 20.2 Å². The Balaban J connectivity index is 1.44. The fourth-order valence-electron chi connectivity index (χ4n) is 6.47. The van der Waals surface area contributed by atoms with Gasteiger partial charge >= 0.3 is 0 Å². The number of pyridine rings is 1. The van der Waals surface area contributed by atoms with Crippen LogP contribution >= 0.6 is 0 Å². The fraction of sp³-hybridized carbons (Fsp3) is 0.395. The van der Waals surface area contributed by atoms with Crippen LogP contribution in [-0.2, 0) is 0 Å². The summed E-state index contributed by atoms with van der Waals surface area (Å²) in [6, 6.07) is 25.3. The average Bonchev–Trinajstić information content (AvgIpc) is 3.52. The van der Waals surface area contributed by atoms with Gasteiger partial charge in [0.05, 0.1) is 22.7 Å². The Bertz CT molecular complexity index is 1620. The number of nitrogens with one attached hydrogen (secondary N) is 1. The molecule has 1 aliphatic heterocycles. The van der Waals surface area contributed by atoms with Crippen LogP contribution in [0.3, 0.4) is 0 Å². The van der Waals surface area contributed by atoms with Gasteiger partial charge in [0.1, 0.15) is 11.6 Å². The molecule has 2 N–H and O–H groups in total. The fourth-order valence-corrected chi connectivity index (χ4v) is 6.47. The van der Waals surface area contributed by atoms with Gasteiger partial charge in [0.25, 0.3) is 5.91 Å². The molecule has 4 aromatic rings. The Hall–Kier alpha value is -4.41. The molecule has 2 atom stereocenters. The van der Waals surface area contributed by atoms with E-state index in [1.165, 1.54) is 5.56 Å². The lowest BCUT2D eigenvalue weighted by Crippen LogP contribution is -2.43. The Morgan fingerprint density at radius 2 is 1.76 bits per heavy atom. The molecule has 1 saturated heterocycles. The highest BCUT2D eigenvalue weighted by molar-refractivity contribution is 6.08. The minimum absolute atomic E-state index is 0.0651. The maximum atomic E-state index is 14.4. The topological polar surface area (TPSA) is 92.5 Å². The second-order valence-electron chi connectivity index (χ2n) is 12.3. The normalized spacial score (nSPS) is 15.4. The highest BCUT2D eigenvalue weighted by atomic mass is 16.3. The number of fused-ring (bicyclic) bond motifs is 1. The number of amides is 1. The molecule has 0 saturated carbocycles. The number of likely N-dealkylation sites (tertiary alicyclic amines) is 1. The minimum Gasteiger partial charge on any atom is -0.508 e. The number of aromatic nitrogens is 1. The zero-order valence-electron chi connectivity index (χ0n) is 26.8. The summed E-state index contributed by atoms with van der Waals surface area (Å²) in [4.78, 5) is 24.0. The lowest BCUT2D eigenvalue weighted by Gasteiger charge is -2.31. The van der Waals surface area contributed by atoms with Crippen LogP contribution in [-0.4, -0.2) is 64.6 Å². The summed E-state index contributed by atoms with van der Waals surface area (Å²) in [6.45, 7) is 11.1. The van der Waals surface area contributed by atoms with Crippen LogP contribution in [0.4, 0.5) is 5.82 Å². The number of carbonyl (C=O) groups is 1. The van der Waals surface area contributed by atoms with Gasteiger partial charge in [-0.2, -0.15) is 5.26 Å². The van der Waals surface area contributed by atoms with Gasteiger partial charge in [0, 0.05) is 31.1 Å². The summed E-state index contributed by atoms with van der Waals surface area (Å²) in [7, 11) is 0. The molecule has 0 aliphatic carbocycles. The summed E-state index contributed by atoms with van der Waals surface area (Å²) < 4.78 is 0. The first kappa shape index (κ1) is 32.0. The number of anilines is 1. The summed E-state index contributed by atoms with van der Waals surface area (Å²) in [5, 5.41) is 23.2. The van der Waals surface area contributed by atoms with Crippen LogP contribution in [0.5, 0.6) is 5.75 Å². The number of nitriles is 1. The lowest BCUT2D eigenvalue weighted by molar-refractivity contribution is 0.0701. The highest BCUT2D eigenvalue weighted by Crippen LogP contribution is 2.31. The van der Waals surface area contributed by atoms with Crippen LogP contribution < -0.4 is 5.32 Å². The quantitative estimate of drug-likeness (QED) is 0.162. The van der Waals surface area contributed by atoms with E-state index in [1.807, 2.05) is 54.6 Å². The first-order chi connectivity index (χ1) is 21.9. The van der Waals surface area contributed by atoms with E-state index >= 15 is 0 Å². The van der Waals surface area contributed by atoms with Gasteiger partial charge in [0.15, 0.2) is 0 Å². The number of aromatic hydroxyl groups is 1. The van der Waals surface area contributed by atoms with E-state index in [9.17, 15) is 15.2 Å². The Morgan fingerprint density at radius 3 is 2.44 bits per heavy atom. The zero-order valence-corrected chi connectivity index (χ0v) is 26.8. The molecule has 5 rings (SSSR count). The van der Waals surface area contributed by atoms with E-state index in [4.69, 9.17) is 4.98 Å². The molecule has 0 spiro atoms. The monoisotopic (exact) mass is 603 g/mol. The molecule has 0 bridgehead atoms. The number of hydrogen-bond acceptors (Lipinski definition) is 6. The van der Waals surface area contributed by atoms with Crippen molar-refractivity contribution in [2.45, 2.75) is 64.8 Å². The molecule has 1 amide bonds. The number of benzene rings is 3. The second kappa shape index (κ2) is 15.0. The van der Waals surface area contributed by atoms with Crippen molar-refractivity contribution in [1.29, 1.82) is 5.26 Å². The van der Waals surface area contributed by atoms with Crippen LogP contribution in [0.2, 0.25) is 0 Å². The third-order valence-corrected chi connectivity index (χ3v) is 8.92. The average molecular weight is 604 g/mol. The smallest absolute Gasteiger partial charge is 0.254 e. The Kier molecular flexibility index (Phi) is 10.7. The molecule has 3 aromatic carbocycles. The minimum atomic E-state index is 0.0651. The van der Waals surface area contributed by atoms with Crippen molar-refractivity contribution in [3.05, 3.63) is 89.5 Å². The third-order valence-electron chi connectivity index (χ3n) is 8.92. The molecular formula is C38H45N5O2. The number of phenolic OH excluding ortho intramolecular Hbond substituents is 1. The summed E-state index contributed by atoms with van der Waals surface area (Å²) in [5.41, 5.74) is 5.23. The predicted molar refractivity (Wildman–Crippen MR) is 183 cm³/mol. The van der Waals surface area contributed by atoms with E-state index in [0.717, 1.165) is 80.3 Å². The molecule has 1 aromatic heterocycles. The molecule has 2 unspecified atom stereocenters. The van der Waals surface area contributed by atoms with Crippen LogP contribution in [0.1, 0.15) is 80.3 Å². The molecule has 1 fully saturated rings. The molecule has 7 nitrogen and oxygen atoms in total. The summed E-state index contributed by atoms with van der Waals surface area (Å²) in [6.07, 6.45) is 5.13. The zero-order chi connectivity index (χ0) is 31.8. The van der Waals surface area contributed by atoms with Crippen molar-refractivity contribution >= 4 is 22.6 Å². The highest BCUT2D eigenvalue weighted by Gasteiger charge is 2.32. The van der Waals surface area contributed by atoms with Crippen molar-refractivity contribution in [3.63, 3.8) is 0 Å². The van der Waals surface area contributed by atoms with E-state index in [1.54, 1.807) is 12.1 Å².